The van der Waals surface area contributed by atoms with Crippen molar-refractivity contribution in [2.24, 2.45) is 0 Å². The molecule has 16 heavy (non-hydrogen) atoms. The summed E-state index contributed by atoms with van der Waals surface area (Å²) in [6.45, 7) is 0. The highest BCUT2D eigenvalue weighted by atomic mass is 79.9. The maximum atomic E-state index is 13.2. The van der Waals surface area contributed by atoms with Gasteiger partial charge in [-0.2, -0.15) is 0 Å². The molecule has 2 rings (SSSR count). The molecule has 0 saturated carbocycles. The number of ether oxygens (including phenoxy) is 1. The molecule has 0 heterocycles. The highest BCUT2D eigenvalue weighted by Gasteiger charge is 2.09. The molecule has 0 aromatic heterocycles. The smallest absolute Gasteiger partial charge is 0.134 e. The van der Waals surface area contributed by atoms with E-state index in [9.17, 15) is 4.39 Å². The second-order valence-corrected chi connectivity index (χ2v) is 4.10. The normalized spacial score (nSPS) is 10.2. The van der Waals surface area contributed by atoms with Gasteiger partial charge in [0.05, 0.1) is 7.11 Å². The highest BCUT2D eigenvalue weighted by Crippen LogP contribution is 2.34. The summed E-state index contributed by atoms with van der Waals surface area (Å²) >= 11 is 3.39. The molecule has 0 unspecified atom stereocenters. The van der Waals surface area contributed by atoms with Crippen molar-refractivity contribution in [1.29, 1.82) is 0 Å². The van der Waals surface area contributed by atoms with E-state index in [-0.39, 0.29) is 5.82 Å². The van der Waals surface area contributed by atoms with Gasteiger partial charge in [-0.3, -0.25) is 0 Å². The Labute approximate surface area is 102 Å². The van der Waals surface area contributed by atoms with Crippen molar-refractivity contribution >= 4 is 15.9 Å². The first-order chi connectivity index (χ1) is 7.72. The Hall–Kier alpha value is -1.35. The summed E-state index contributed by atoms with van der Waals surface area (Å²) in [7, 11) is 1.57. The molecule has 1 nitrogen and oxygen atoms in total. The van der Waals surface area contributed by atoms with E-state index in [1.165, 1.54) is 12.1 Å². The summed E-state index contributed by atoms with van der Waals surface area (Å²) in [4.78, 5) is 0. The Bertz CT molecular complexity index is 511. The van der Waals surface area contributed by atoms with Crippen molar-refractivity contribution in [2.45, 2.75) is 0 Å². The van der Waals surface area contributed by atoms with Gasteiger partial charge in [0.25, 0.3) is 0 Å². The largest absolute Gasteiger partial charge is 0.495 e. The van der Waals surface area contributed by atoms with Crippen molar-refractivity contribution < 1.29 is 9.13 Å². The van der Waals surface area contributed by atoms with Crippen LogP contribution >= 0.6 is 15.9 Å². The van der Waals surface area contributed by atoms with Gasteiger partial charge in [-0.25, -0.2) is 4.39 Å². The lowest BCUT2D eigenvalue weighted by atomic mass is 10.0. The van der Waals surface area contributed by atoms with Crippen LogP contribution in [0.2, 0.25) is 0 Å². The molecule has 0 spiro atoms. The van der Waals surface area contributed by atoms with Crippen LogP contribution in [-0.4, -0.2) is 7.11 Å². The lowest BCUT2D eigenvalue weighted by molar-refractivity contribution is 0.415. The molecule has 0 aliphatic rings. The van der Waals surface area contributed by atoms with E-state index in [1.54, 1.807) is 19.2 Å². The Morgan fingerprint density at radius 1 is 1.25 bits per heavy atom. The van der Waals surface area contributed by atoms with Crippen molar-refractivity contribution in [1.82, 2.24) is 0 Å². The van der Waals surface area contributed by atoms with Gasteiger partial charge >= 0.3 is 0 Å². The zero-order valence-corrected chi connectivity index (χ0v) is 10.2. The number of hydrogen-bond donors (Lipinski definition) is 0. The predicted octanol–water partition coefficient (Wildman–Crippen LogP) is 4.06. The minimum Gasteiger partial charge on any atom is -0.495 e. The van der Waals surface area contributed by atoms with Gasteiger partial charge in [0.1, 0.15) is 11.6 Å². The molecular formula is C13H9BrFO. The molecule has 0 amide bonds. The van der Waals surface area contributed by atoms with Crippen LogP contribution < -0.4 is 4.74 Å². The summed E-state index contributed by atoms with van der Waals surface area (Å²) in [5.41, 5.74) is 1.57. The Balaban J connectivity index is 2.62. The monoisotopic (exact) mass is 279 g/mol. The summed E-state index contributed by atoms with van der Waals surface area (Å²) in [5, 5.41) is 0. The van der Waals surface area contributed by atoms with Crippen LogP contribution in [0.3, 0.4) is 0 Å². The maximum Gasteiger partial charge on any atom is 0.134 e. The highest BCUT2D eigenvalue weighted by molar-refractivity contribution is 9.10. The first-order valence-electron chi connectivity index (χ1n) is 4.72. The van der Waals surface area contributed by atoms with Gasteiger partial charge in [-0.1, -0.05) is 34.1 Å². The van der Waals surface area contributed by atoms with Crippen molar-refractivity contribution in [3.05, 3.63) is 52.8 Å². The van der Waals surface area contributed by atoms with E-state index >= 15 is 0 Å². The van der Waals surface area contributed by atoms with E-state index in [0.29, 0.717) is 5.75 Å². The first kappa shape index (κ1) is 11.1. The van der Waals surface area contributed by atoms with E-state index in [2.05, 4.69) is 22.0 Å². The van der Waals surface area contributed by atoms with Crippen LogP contribution in [0.1, 0.15) is 0 Å². The molecular weight excluding hydrogens is 271 g/mol. The van der Waals surface area contributed by atoms with Crippen molar-refractivity contribution in [3.63, 3.8) is 0 Å². The van der Waals surface area contributed by atoms with E-state index in [1.807, 2.05) is 12.1 Å². The second kappa shape index (κ2) is 4.66. The molecule has 0 aliphatic carbocycles. The maximum absolute atomic E-state index is 13.2. The molecule has 81 valence electrons. The molecule has 0 atom stereocenters. The minimum atomic E-state index is -0.274. The number of hydrogen-bond acceptors (Lipinski definition) is 1. The van der Waals surface area contributed by atoms with Gasteiger partial charge in [-0.15, -0.1) is 0 Å². The second-order valence-electron chi connectivity index (χ2n) is 3.24. The molecule has 3 heteroatoms. The van der Waals surface area contributed by atoms with Crippen LogP contribution in [0.25, 0.3) is 11.1 Å². The van der Waals surface area contributed by atoms with Crippen LogP contribution in [0.5, 0.6) is 5.75 Å². The summed E-state index contributed by atoms with van der Waals surface area (Å²) in [6, 6.07) is 13.0. The quantitative estimate of drug-likeness (QED) is 0.806. The Morgan fingerprint density at radius 3 is 2.81 bits per heavy atom. The zero-order chi connectivity index (χ0) is 11.5. The molecule has 1 radical (unpaired) electrons. The lowest BCUT2D eigenvalue weighted by Crippen LogP contribution is -1.89. The number of rotatable bonds is 2. The van der Waals surface area contributed by atoms with E-state index in [0.717, 1.165) is 15.6 Å². The lowest BCUT2D eigenvalue weighted by Gasteiger charge is -2.09. The number of methoxy groups -OCH3 is 1. The number of benzene rings is 2. The van der Waals surface area contributed by atoms with Gasteiger partial charge in [0.15, 0.2) is 0 Å². The molecule has 2 aromatic carbocycles. The summed E-state index contributed by atoms with van der Waals surface area (Å²) in [6.07, 6.45) is 0. The summed E-state index contributed by atoms with van der Waals surface area (Å²) in [5.74, 6) is 0.331. The van der Waals surface area contributed by atoms with Crippen LogP contribution in [0.4, 0.5) is 4.39 Å². The fourth-order valence-electron chi connectivity index (χ4n) is 1.51. The average molecular weight is 280 g/mol. The van der Waals surface area contributed by atoms with Crippen LogP contribution in [-0.2, 0) is 0 Å². The fraction of sp³-hybridized carbons (Fsp3) is 0.0769. The van der Waals surface area contributed by atoms with Gasteiger partial charge < -0.3 is 4.74 Å². The van der Waals surface area contributed by atoms with Crippen molar-refractivity contribution in [2.75, 3.05) is 7.11 Å². The summed E-state index contributed by atoms with van der Waals surface area (Å²) < 4.78 is 19.2. The third-order valence-electron chi connectivity index (χ3n) is 2.24. The van der Waals surface area contributed by atoms with Gasteiger partial charge in [0.2, 0.25) is 0 Å². The van der Waals surface area contributed by atoms with E-state index < -0.39 is 0 Å². The third-order valence-corrected chi connectivity index (χ3v) is 2.93. The Kier molecular flexibility index (Phi) is 3.25. The SMILES string of the molecule is COc1[c]cccc1-c1cc(F)ccc1Br. The van der Waals surface area contributed by atoms with Crippen LogP contribution in [0, 0.1) is 11.9 Å². The van der Waals surface area contributed by atoms with Gasteiger partial charge in [-0.05, 0) is 18.2 Å². The fourth-order valence-corrected chi connectivity index (χ4v) is 1.97. The number of halogens is 2. The van der Waals surface area contributed by atoms with Crippen LogP contribution in [0.15, 0.2) is 40.9 Å². The third kappa shape index (κ3) is 2.09. The number of para-hydroxylation sites is 1. The minimum absolute atomic E-state index is 0.274. The van der Waals surface area contributed by atoms with E-state index in [4.69, 9.17) is 4.74 Å². The van der Waals surface area contributed by atoms with Gasteiger partial charge in [0, 0.05) is 21.7 Å². The first-order valence-corrected chi connectivity index (χ1v) is 5.52. The van der Waals surface area contributed by atoms with Crippen molar-refractivity contribution in [3.8, 4) is 16.9 Å². The molecule has 0 saturated heterocycles. The molecule has 0 bridgehead atoms. The molecule has 2 aromatic rings. The standard InChI is InChI=1S/C13H9BrFO/c1-16-13-5-3-2-4-10(13)11-8-9(15)6-7-12(11)14/h2-4,6-8H,1H3. The zero-order valence-electron chi connectivity index (χ0n) is 8.63. The average Bonchev–Trinajstić information content (AvgIpc) is 2.32. The topological polar surface area (TPSA) is 9.23 Å². The molecule has 0 N–H and O–H groups in total. The molecule has 0 aliphatic heterocycles. The Morgan fingerprint density at radius 2 is 2.06 bits per heavy atom. The predicted molar refractivity (Wildman–Crippen MR) is 64.9 cm³/mol. The molecule has 0 fully saturated rings.